The third-order valence-electron chi connectivity index (χ3n) is 4.57. The summed E-state index contributed by atoms with van der Waals surface area (Å²) in [4.78, 5) is 14.7. The maximum Gasteiger partial charge on any atom is 0.287 e. The highest BCUT2D eigenvalue weighted by Crippen LogP contribution is 2.23. The SMILES string of the molecule is CCOc1ccc(C(C)NC(=O)c2ccc(CN3CCCC3)o2)cc1F. The first kappa shape index (κ1) is 18.5. The van der Waals surface area contributed by atoms with Gasteiger partial charge in [-0.05, 0) is 69.6 Å². The molecule has 140 valence electrons. The second-order valence-electron chi connectivity index (χ2n) is 6.57. The Morgan fingerprint density at radius 1 is 1.31 bits per heavy atom. The molecule has 1 aliphatic rings. The number of rotatable bonds is 7. The van der Waals surface area contributed by atoms with Gasteiger partial charge in [0.05, 0.1) is 19.2 Å². The molecule has 1 amide bonds. The van der Waals surface area contributed by atoms with Gasteiger partial charge in [-0.3, -0.25) is 9.69 Å². The van der Waals surface area contributed by atoms with Crippen LogP contribution < -0.4 is 10.1 Å². The zero-order valence-electron chi connectivity index (χ0n) is 15.3. The number of halogens is 1. The van der Waals surface area contributed by atoms with E-state index in [4.69, 9.17) is 9.15 Å². The normalized spacial score (nSPS) is 15.8. The lowest BCUT2D eigenvalue weighted by molar-refractivity contribution is 0.0908. The first-order chi connectivity index (χ1) is 12.6. The number of hydrogen-bond acceptors (Lipinski definition) is 4. The Labute approximate surface area is 153 Å². The Balaban J connectivity index is 1.60. The Morgan fingerprint density at radius 3 is 2.77 bits per heavy atom. The number of nitrogens with one attached hydrogen (secondary N) is 1. The maximum absolute atomic E-state index is 14.0. The van der Waals surface area contributed by atoms with Gasteiger partial charge in [-0.25, -0.2) is 4.39 Å². The van der Waals surface area contributed by atoms with Crippen molar-refractivity contribution in [3.05, 3.63) is 53.2 Å². The van der Waals surface area contributed by atoms with Crippen LogP contribution in [0.3, 0.4) is 0 Å². The van der Waals surface area contributed by atoms with Crippen molar-refractivity contribution in [2.75, 3.05) is 19.7 Å². The van der Waals surface area contributed by atoms with E-state index in [1.807, 2.05) is 6.07 Å². The van der Waals surface area contributed by atoms with Gasteiger partial charge in [0.25, 0.3) is 5.91 Å². The molecule has 1 aromatic carbocycles. The molecular weight excluding hydrogens is 335 g/mol. The van der Waals surface area contributed by atoms with E-state index in [0.717, 1.165) is 25.4 Å². The van der Waals surface area contributed by atoms with Crippen molar-refractivity contribution in [2.45, 2.75) is 39.3 Å². The quantitative estimate of drug-likeness (QED) is 0.813. The molecule has 1 atom stereocenters. The van der Waals surface area contributed by atoms with Crippen molar-refractivity contribution in [1.29, 1.82) is 0 Å². The number of furan rings is 1. The number of nitrogens with zero attached hydrogens (tertiary/aromatic N) is 1. The molecule has 0 spiro atoms. The molecule has 1 saturated heterocycles. The molecular formula is C20H25FN2O3. The average Bonchev–Trinajstić information content (AvgIpc) is 3.29. The van der Waals surface area contributed by atoms with Gasteiger partial charge in [0.15, 0.2) is 17.3 Å². The molecule has 0 saturated carbocycles. The standard InChI is InChI=1S/C20H25FN2O3/c1-3-25-18-8-6-15(12-17(18)21)14(2)22-20(24)19-9-7-16(26-19)13-23-10-4-5-11-23/h6-9,12,14H,3-5,10-11,13H2,1-2H3,(H,22,24). The molecule has 26 heavy (non-hydrogen) atoms. The van der Waals surface area contributed by atoms with Crippen LogP contribution in [0.5, 0.6) is 5.75 Å². The average molecular weight is 360 g/mol. The van der Waals surface area contributed by atoms with Crippen LogP contribution in [0.2, 0.25) is 0 Å². The second-order valence-corrected chi connectivity index (χ2v) is 6.57. The molecule has 2 aromatic rings. The summed E-state index contributed by atoms with van der Waals surface area (Å²) in [6.07, 6.45) is 2.43. The van der Waals surface area contributed by atoms with Crippen LogP contribution >= 0.6 is 0 Å². The fourth-order valence-corrected chi connectivity index (χ4v) is 3.16. The third kappa shape index (κ3) is 4.43. The summed E-state index contributed by atoms with van der Waals surface area (Å²) in [6.45, 7) is 6.89. The monoisotopic (exact) mass is 360 g/mol. The van der Waals surface area contributed by atoms with E-state index < -0.39 is 5.82 Å². The number of hydrogen-bond donors (Lipinski definition) is 1. The Hall–Kier alpha value is -2.34. The van der Waals surface area contributed by atoms with Crippen molar-refractivity contribution < 1.29 is 18.3 Å². The van der Waals surface area contributed by atoms with Crippen LogP contribution in [-0.4, -0.2) is 30.5 Å². The highest BCUT2D eigenvalue weighted by molar-refractivity contribution is 5.91. The van der Waals surface area contributed by atoms with Gasteiger partial charge >= 0.3 is 0 Å². The van der Waals surface area contributed by atoms with Crippen LogP contribution in [0, 0.1) is 5.82 Å². The van der Waals surface area contributed by atoms with Crippen molar-refractivity contribution in [3.8, 4) is 5.75 Å². The van der Waals surface area contributed by atoms with Crippen molar-refractivity contribution >= 4 is 5.91 Å². The second kappa shape index (κ2) is 8.36. The lowest BCUT2D eigenvalue weighted by Gasteiger charge is -2.15. The van der Waals surface area contributed by atoms with Crippen LogP contribution in [-0.2, 0) is 6.54 Å². The first-order valence-electron chi connectivity index (χ1n) is 9.11. The number of amides is 1. The van der Waals surface area contributed by atoms with Crippen molar-refractivity contribution in [1.82, 2.24) is 10.2 Å². The van der Waals surface area contributed by atoms with Gasteiger partial charge in [0.1, 0.15) is 5.76 Å². The zero-order chi connectivity index (χ0) is 18.5. The molecule has 1 N–H and O–H groups in total. The lowest BCUT2D eigenvalue weighted by atomic mass is 10.1. The van der Waals surface area contributed by atoms with E-state index in [2.05, 4.69) is 10.2 Å². The molecule has 0 radical (unpaired) electrons. The molecule has 0 aliphatic carbocycles. The van der Waals surface area contributed by atoms with Gasteiger partial charge in [-0.2, -0.15) is 0 Å². The Kier molecular flexibility index (Phi) is 5.93. The van der Waals surface area contributed by atoms with Crippen LogP contribution in [0.15, 0.2) is 34.7 Å². The van der Waals surface area contributed by atoms with Gasteiger partial charge < -0.3 is 14.5 Å². The summed E-state index contributed by atoms with van der Waals surface area (Å²) in [7, 11) is 0. The number of carbonyl (C=O) groups excluding carboxylic acids is 1. The highest BCUT2D eigenvalue weighted by Gasteiger charge is 2.18. The van der Waals surface area contributed by atoms with Gasteiger partial charge in [-0.1, -0.05) is 6.07 Å². The summed E-state index contributed by atoms with van der Waals surface area (Å²) in [6, 6.07) is 7.90. The van der Waals surface area contributed by atoms with E-state index in [-0.39, 0.29) is 23.5 Å². The summed E-state index contributed by atoms with van der Waals surface area (Å²) in [5.41, 5.74) is 0.670. The van der Waals surface area contributed by atoms with Crippen molar-refractivity contribution in [3.63, 3.8) is 0 Å². The molecule has 1 aliphatic heterocycles. The minimum atomic E-state index is -0.434. The van der Waals surface area contributed by atoms with E-state index >= 15 is 0 Å². The van der Waals surface area contributed by atoms with E-state index in [1.165, 1.54) is 18.9 Å². The highest BCUT2D eigenvalue weighted by atomic mass is 19.1. The van der Waals surface area contributed by atoms with E-state index in [1.54, 1.807) is 32.0 Å². The van der Waals surface area contributed by atoms with Gasteiger partial charge in [0, 0.05) is 0 Å². The van der Waals surface area contributed by atoms with Crippen LogP contribution in [0.4, 0.5) is 4.39 Å². The van der Waals surface area contributed by atoms with Crippen LogP contribution in [0.25, 0.3) is 0 Å². The maximum atomic E-state index is 14.0. The minimum Gasteiger partial charge on any atom is -0.491 e. The first-order valence-corrected chi connectivity index (χ1v) is 9.11. The number of ether oxygens (including phenoxy) is 1. The molecule has 1 aromatic heterocycles. The molecule has 6 heteroatoms. The zero-order valence-corrected chi connectivity index (χ0v) is 15.3. The molecule has 3 rings (SSSR count). The lowest BCUT2D eigenvalue weighted by Crippen LogP contribution is -2.26. The summed E-state index contributed by atoms with van der Waals surface area (Å²) in [5.74, 6) is 0.539. The fourth-order valence-electron chi connectivity index (χ4n) is 3.16. The molecule has 5 nitrogen and oxygen atoms in total. The molecule has 1 unspecified atom stereocenters. The summed E-state index contributed by atoms with van der Waals surface area (Å²) in [5, 5.41) is 2.84. The number of benzene rings is 1. The van der Waals surface area contributed by atoms with Crippen LogP contribution in [0.1, 0.15) is 54.6 Å². The Morgan fingerprint density at radius 2 is 2.08 bits per heavy atom. The number of carbonyl (C=O) groups is 1. The van der Waals surface area contributed by atoms with E-state index in [0.29, 0.717) is 12.2 Å². The Bertz CT molecular complexity index is 753. The van der Waals surface area contributed by atoms with Crippen molar-refractivity contribution in [2.24, 2.45) is 0 Å². The largest absolute Gasteiger partial charge is 0.491 e. The van der Waals surface area contributed by atoms with Gasteiger partial charge in [-0.15, -0.1) is 0 Å². The predicted molar refractivity (Wildman–Crippen MR) is 96.7 cm³/mol. The molecule has 2 heterocycles. The van der Waals surface area contributed by atoms with E-state index in [9.17, 15) is 9.18 Å². The predicted octanol–water partition coefficient (Wildman–Crippen LogP) is 3.90. The van der Waals surface area contributed by atoms with Gasteiger partial charge in [0.2, 0.25) is 0 Å². The summed E-state index contributed by atoms with van der Waals surface area (Å²) < 4.78 is 24.9. The number of likely N-dealkylation sites (tertiary alicyclic amines) is 1. The molecule has 1 fully saturated rings. The topological polar surface area (TPSA) is 54.7 Å². The minimum absolute atomic E-state index is 0.215. The third-order valence-corrected chi connectivity index (χ3v) is 4.57. The fraction of sp³-hybridized carbons (Fsp3) is 0.450. The summed E-state index contributed by atoms with van der Waals surface area (Å²) >= 11 is 0. The molecule has 0 bridgehead atoms. The smallest absolute Gasteiger partial charge is 0.287 e.